The summed E-state index contributed by atoms with van der Waals surface area (Å²) in [6.07, 6.45) is 9.83. The van der Waals surface area contributed by atoms with Gasteiger partial charge < -0.3 is 4.42 Å². The molecule has 5 aromatic rings. The first kappa shape index (κ1) is 18.1. The largest absolute Gasteiger partial charge is 0.456 e. The third-order valence-corrected chi connectivity index (χ3v) is 7.22. The number of aryl methyl sites for hydroxylation is 1. The summed E-state index contributed by atoms with van der Waals surface area (Å²) in [5.74, 6) is 2.75. The van der Waals surface area contributed by atoms with Gasteiger partial charge in [-0.05, 0) is 42.9 Å². The van der Waals surface area contributed by atoms with Crippen molar-refractivity contribution in [3.05, 3.63) is 52.1 Å². The van der Waals surface area contributed by atoms with Gasteiger partial charge >= 0.3 is 0 Å². The molecular weight excluding hydrogens is 420 g/mol. The lowest BCUT2D eigenvalue weighted by atomic mass is 9.86. The minimum atomic E-state index is 0.503. The standard InChI is InChI=1S/C21H19ClN6OS/c1-2-12-3-5-15-17(7-12)30-21-18(15)20-25-19(26-28(20)11-23-21)16-6-4-14(29-16)10-27-9-13(22)8-24-27/h4,6,8-9,11-12H,2-3,5,7,10H2,1H3/t12-/m0/s1. The molecular formula is C21H19ClN6OS. The van der Waals surface area contributed by atoms with Crippen LogP contribution in [0.1, 0.15) is 36.0 Å². The topological polar surface area (TPSA) is 74.0 Å². The SMILES string of the molecule is CC[C@H]1CCc2c(sc3ncn4nc(-c5ccc(Cn6cc(Cl)cn6)o5)nc4c23)C1. The number of aromatic nitrogens is 6. The Balaban J connectivity index is 1.39. The fourth-order valence-corrected chi connectivity index (χ4v) is 5.72. The molecule has 0 fully saturated rings. The van der Waals surface area contributed by atoms with Gasteiger partial charge in [0.25, 0.3) is 0 Å². The zero-order valence-corrected chi connectivity index (χ0v) is 17.9. The maximum atomic E-state index is 5.99. The van der Waals surface area contributed by atoms with E-state index in [0.717, 1.165) is 40.4 Å². The van der Waals surface area contributed by atoms with E-state index >= 15 is 0 Å². The number of furan rings is 1. The van der Waals surface area contributed by atoms with Crippen molar-refractivity contribution in [3.8, 4) is 11.6 Å². The van der Waals surface area contributed by atoms with Crippen LogP contribution in [-0.2, 0) is 19.4 Å². The summed E-state index contributed by atoms with van der Waals surface area (Å²) >= 11 is 7.75. The minimum absolute atomic E-state index is 0.503. The molecule has 0 spiro atoms. The Labute approximate surface area is 181 Å². The highest BCUT2D eigenvalue weighted by Crippen LogP contribution is 2.39. The van der Waals surface area contributed by atoms with Crippen molar-refractivity contribution >= 4 is 38.8 Å². The van der Waals surface area contributed by atoms with Gasteiger partial charge in [-0.1, -0.05) is 24.9 Å². The predicted molar refractivity (Wildman–Crippen MR) is 116 cm³/mol. The van der Waals surface area contributed by atoms with Crippen LogP contribution < -0.4 is 0 Å². The first-order valence-electron chi connectivity index (χ1n) is 10.1. The second-order valence-corrected chi connectivity index (χ2v) is 9.29. The number of rotatable bonds is 4. The normalized spacial score (nSPS) is 16.5. The molecule has 0 aliphatic heterocycles. The number of fused-ring (bicyclic) bond motifs is 5. The molecule has 1 aliphatic rings. The average molecular weight is 439 g/mol. The minimum Gasteiger partial charge on any atom is -0.456 e. The Morgan fingerprint density at radius 1 is 1.33 bits per heavy atom. The second-order valence-electron chi connectivity index (χ2n) is 7.77. The summed E-state index contributed by atoms with van der Waals surface area (Å²) < 4.78 is 9.49. The lowest BCUT2D eigenvalue weighted by Gasteiger charge is -2.20. The van der Waals surface area contributed by atoms with E-state index < -0.39 is 0 Å². The first-order valence-corrected chi connectivity index (χ1v) is 11.3. The Morgan fingerprint density at radius 3 is 3.10 bits per heavy atom. The van der Waals surface area contributed by atoms with Crippen LogP contribution in [0.4, 0.5) is 0 Å². The van der Waals surface area contributed by atoms with E-state index in [1.807, 2.05) is 23.5 Å². The van der Waals surface area contributed by atoms with Crippen molar-refractivity contribution in [2.24, 2.45) is 5.92 Å². The van der Waals surface area contributed by atoms with Crippen LogP contribution in [-0.4, -0.2) is 29.4 Å². The van der Waals surface area contributed by atoms with Gasteiger partial charge in [0.2, 0.25) is 5.82 Å². The van der Waals surface area contributed by atoms with Gasteiger partial charge in [0.15, 0.2) is 11.4 Å². The zero-order chi connectivity index (χ0) is 20.2. The van der Waals surface area contributed by atoms with Crippen LogP contribution in [0, 0.1) is 5.92 Å². The Hall–Kier alpha value is -2.71. The van der Waals surface area contributed by atoms with Crippen LogP contribution in [0.2, 0.25) is 5.02 Å². The van der Waals surface area contributed by atoms with Crippen LogP contribution in [0.25, 0.3) is 27.4 Å². The fourth-order valence-electron chi connectivity index (χ4n) is 4.26. The summed E-state index contributed by atoms with van der Waals surface area (Å²) in [5.41, 5.74) is 2.27. The van der Waals surface area contributed by atoms with E-state index in [0.29, 0.717) is 23.2 Å². The fraction of sp³-hybridized carbons (Fsp3) is 0.333. The average Bonchev–Trinajstić information content (AvgIpc) is 3.51. The van der Waals surface area contributed by atoms with E-state index in [-0.39, 0.29) is 0 Å². The number of halogens is 1. The van der Waals surface area contributed by atoms with Crippen LogP contribution in [0.3, 0.4) is 0 Å². The Morgan fingerprint density at radius 2 is 2.27 bits per heavy atom. The first-order chi connectivity index (χ1) is 14.7. The molecule has 152 valence electrons. The van der Waals surface area contributed by atoms with Crippen molar-refractivity contribution in [2.75, 3.05) is 0 Å². The number of thiophene rings is 1. The third-order valence-electron chi connectivity index (χ3n) is 5.87. The summed E-state index contributed by atoms with van der Waals surface area (Å²) in [7, 11) is 0. The molecule has 0 aromatic carbocycles. The van der Waals surface area contributed by atoms with Crippen molar-refractivity contribution in [3.63, 3.8) is 0 Å². The van der Waals surface area contributed by atoms with Gasteiger partial charge in [-0.15, -0.1) is 16.4 Å². The van der Waals surface area contributed by atoms with Gasteiger partial charge in [-0.2, -0.15) is 5.10 Å². The van der Waals surface area contributed by atoms with Crippen molar-refractivity contribution in [2.45, 2.75) is 39.2 Å². The smallest absolute Gasteiger partial charge is 0.217 e. The summed E-state index contributed by atoms with van der Waals surface area (Å²) in [6.45, 7) is 2.78. The van der Waals surface area contributed by atoms with Crippen molar-refractivity contribution in [1.29, 1.82) is 0 Å². The molecule has 6 rings (SSSR count). The van der Waals surface area contributed by atoms with Crippen LogP contribution in [0.5, 0.6) is 0 Å². The number of hydrogen-bond acceptors (Lipinski definition) is 6. The molecule has 0 saturated carbocycles. The molecule has 0 unspecified atom stereocenters. The molecule has 1 atom stereocenters. The summed E-state index contributed by atoms with van der Waals surface area (Å²) in [6, 6.07) is 3.82. The molecule has 1 aliphatic carbocycles. The van der Waals surface area contributed by atoms with Gasteiger partial charge in [0, 0.05) is 11.1 Å². The molecule has 0 N–H and O–H groups in total. The van der Waals surface area contributed by atoms with E-state index in [1.54, 1.807) is 27.9 Å². The van der Waals surface area contributed by atoms with Crippen LogP contribution >= 0.6 is 22.9 Å². The van der Waals surface area contributed by atoms with Gasteiger partial charge in [-0.25, -0.2) is 14.5 Å². The van der Waals surface area contributed by atoms with Gasteiger partial charge in [0.1, 0.15) is 16.9 Å². The molecule has 0 radical (unpaired) electrons. The lowest BCUT2D eigenvalue weighted by Crippen LogP contribution is -2.11. The molecule has 7 nitrogen and oxygen atoms in total. The number of nitrogens with zero attached hydrogens (tertiary/aromatic N) is 6. The molecule has 9 heteroatoms. The number of hydrogen-bond donors (Lipinski definition) is 0. The zero-order valence-electron chi connectivity index (χ0n) is 16.4. The highest BCUT2D eigenvalue weighted by Gasteiger charge is 2.25. The Bertz CT molecular complexity index is 1380. The van der Waals surface area contributed by atoms with Gasteiger partial charge in [-0.3, -0.25) is 4.68 Å². The summed E-state index contributed by atoms with van der Waals surface area (Å²) in [5, 5.41) is 10.6. The highest BCUT2D eigenvalue weighted by molar-refractivity contribution is 7.19. The van der Waals surface area contributed by atoms with Gasteiger partial charge in [0.05, 0.1) is 23.2 Å². The van der Waals surface area contributed by atoms with E-state index in [4.69, 9.17) is 21.0 Å². The van der Waals surface area contributed by atoms with Crippen LogP contribution in [0.15, 0.2) is 35.3 Å². The Kier molecular flexibility index (Phi) is 4.17. The molecule has 5 aromatic heterocycles. The second kappa shape index (κ2) is 6.92. The molecule has 0 amide bonds. The maximum absolute atomic E-state index is 5.99. The quantitative estimate of drug-likeness (QED) is 0.394. The third kappa shape index (κ3) is 2.94. The highest BCUT2D eigenvalue weighted by atomic mass is 35.5. The van der Waals surface area contributed by atoms with Crippen molar-refractivity contribution in [1.82, 2.24) is 29.4 Å². The molecule has 30 heavy (non-hydrogen) atoms. The van der Waals surface area contributed by atoms with Crippen molar-refractivity contribution < 1.29 is 4.42 Å². The molecule has 5 heterocycles. The summed E-state index contributed by atoms with van der Waals surface area (Å²) in [4.78, 5) is 12.0. The maximum Gasteiger partial charge on any atom is 0.217 e. The molecule has 0 bridgehead atoms. The lowest BCUT2D eigenvalue weighted by molar-refractivity contribution is 0.451. The monoisotopic (exact) mass is 438 g/mol. The predicted octanol–water partition coefficient (Wildman–Crippen LogP) is 5.01. The van der Waals surface area contributed by atoms with E-state index in [2.05, 4.69) is 22.1 Å². The molecule has 0 saturated heterocycles. The van der Waals surface area contributed by atoms with E-state index in [9.17, 15) is 0 Å². The van der Waals surface area contributed by atoms with E-state index in [1.165, 1.54) is 23.3 Å².